The van der Waals surface area contributed by atoms with E-state index in [1.54, 1.807) is 0 Å². The van der Waals surface area contributed by atoms with E-state index in [2.05, 4.69) is 112 Å². The van der Waals surface area contributed by atoms with Gasteiger partial charge in [0.2, 0.25) is 5.91 Å². The minimum atomic E-state index is -0.505. The Labute approximate surface area is 261 Å². The molecule has 228 valence electrons. The molecule has 4 aromatic carbocycles. The highest BCUT2D eigenvalue weighted by Gasteiger charge is 2.50. The molecule has 1 saturated carbocycles. The summed E-state index contributed by atoms with van der Waals surface area (Å²) in [5.41, 5.74) is 7.71. The highest BCUT2D eigenvalue weighted by molar-refractivity contribution is 6.09. The molecule has 44 heavy (non-hydrogen) atoms. The lowest BCUT2D eigenvalue weighted by Gasteiger charge is -2.50. The van der Waals surface area contributed by atoms with Gasteiger partial charge in [-0.1, -0.05) is 63.4 Å². The molecule has 5 heteroatoms. The van der Waals surface area contributed by atoms with Crippen molar-refractivity contribution in [1.29, 1.82) is 0 Å². The summed E-state index contributed by atoms with van der Waals surface area (Å²) in [6.07, 6.45) is 2.94. The molecule has 3 fully saturated rings. The Morgan fingerprint density at radius 1 is 0.841 bits per heavy atom. The number of rotatable bonds is 3. The van der Waals surface area contributed by atoms with Crippen LogP contribution in [0, 0.1) is 12.8 Å². The highest BCUT2D eigenvalue weighted by atomic mass is 16.3. The number of anilines is 3. The van der Waals surface area contributed by atoms with Crippen LogP contribution in [0.15, 0.2) is 72.9 Å². The van der Waals surface area contributed by atoms with E-state index < -0.39 is 6.10 Å². The second-order valence-electron chi connectivity index (χ2n) is 14.3. The van der Waals surface area contributed by atoms with Crippen LogP contribution < -0.4 is 15.1 Å². The molecule has 0 spiro atoms. The zero-order valence-electron chi connectivity index (χ0n) is 25.9. The summed E-state index contributed by atoms with van der Waals surface area (Å²) >= 11 is 0. The van der Waals surface area contributed by atoms with Crippen molar-refractivity contribution in [3.8, 4) is 0 Å². The summed E-state index contributed by atoms with van der Waals surface area (Å²) < 4.78 is 0. The van der Waals surface area contributed by atoms with Crippen molar-refractivity contribution in [2.45, 2.75) is 96.9 Å². The molecule has 3 aliphatic heterocycles. The Morgan fingerprint density at radius 3 is 2.07 bits per heavy atom. The van der Waals surface area contributed by atoms with E-state index in [1.165, 1.54) is 27.6 Å². The fourth-order valence-electron chi connectivity index (χ4n) is 9.15. The molecular weight excluding hydrogens is 542 g/mol. The van der Waals surface area contributed by atoms with Crippen molar-refractivity contribution in [2.24, 2.45) is 5.92 Å². The molecule has 3 heterocycles. The number of aliphatic hydroxyl groups excluding tert-OH is 1. The summed E-state index contributed by atoms with van der Waals surface area (Å²) in [5.74, 6) is 0.476. The number of aryl methyl sites for hydroxylation is 1. The Hall–Kier alpha value is -3.83. The van der Waals surface area contributed by atoms with Crippen LogP contribution in [-0.2, 0) is 4.79 Å². The zero-order chi connectivity index (χ0) is 30.0. The lowest BCUT2D eigenvalue weighted by molar-refractivity contribution is -0.117. The van der Waals surface area contributed by atoms with Crippen LogP contribution in [0.1, 0.15) is 89.3 Å². The SMILES string of the molecule is C.C=C1CCC2(C)Nc3ccc(C4C(C)C(c5ccc(C)c6c(N7C(=O)CCC7(C)C)cccc56)C4O)c4cccc(c34)N12. The predicted octanol–water partition coefficient (Wildman–Crippen LogP) is 8.98. The Kier molecular flexibility index (Phi) is 6.30. The summed E-state index contributed by atoms with van der Waals surface area (Å²) in [5, 5.41) is 20.5. The monoisotopic (exact) mass is 587 g/mol. The van der Waals surface area contributed by atoms with E-state index >= 15 is 0 Å². The number of carbonyl (C=O) groups is 1. The first-order chi connectivity index (χ1) is 20.5. The molecule has 8 rings (SSSR count). The Bertz CT molecular complexity index is 1860. The molecule has 4 aromatic rings. The van der Waals surface area contributed by atoms with Crippen LogP contribution in [0.25, 0.3) is 21.5 Å². The van der Waals surface area contributed by atoms with Gasteiger partial charge in [0, 0.05) is 46.0 Å². The molecule has 5 nitrogen and oxygen atoms in total. The fraction of sp³-hybridized carbons (Fsp3) is 0.410. The first kappa shape index (κ1) is 28.9. The van der Waals surface area contributed by atoms with E-state index in [4.69, 9.17) is 0 Å². The first-order valence-corrected chi connectivity index (χ1v) is 15.9. The minimum Gasteiger partial charge on any atom is -0.392 e. The molecule has 0 radical (unpaired) electrons. The maximum Gasteiger partial charge on any atom is 0.227 e. The van der Waals surface area contributed by atoms with Gasteiger partial charge in [-0.25, -0.2) is 0 Å². The quantitative estimate of drug-likeness (QED) is 0.251. The van der Waals surface area contributed by atoms with E-state index in [1.807, 2.05) is 4.90 Å². The molecule has 2 saturated heterocycles. The number of allylic oxidation sites excluding steroid dienone is 1. The third-order valence-electron chi connectivity index (χ3n) is 11.3. The standard InChI is InChI=1S/C38H41N3O2.CH4/c1-21-13-14-26(24-9-7-11-29(32(21)24)41-31(42)18-19-37(41,4)5)33-23(3)34(36(33)43)27-15-16-28-35-25(27)10-8-12-30(35)40-22(2)17-20-38(40,6)39-28;/h7-16,23,33-34,36,39,43H,2,17-20H2,1,3-6H3;1H4. The summed E-state index contributed by atoms with van der Waals surface area (Å²) in [4.78, 5) is 17.5. The highest BCUT2D eigenvalue weighted by Crippen LogP contribution is 2.57. The number of nitrogens with one attached hydrogen (secondary N) is 1. The van der Waals surface area contributed by atoms with Gasteiger partial charge in [0.05, 0.1) is 17.5 Å². The second-order valence-corrected chi connectivity index (χ2v) is 14.3. The fourth-order valence-corrected chi connectivity index (χ4v) is 9.15. The largest absolute Gasteiger partial charge is 0.392 e. The molecule has 5 atom stereocenters. The molecule has 0 bridgehead atoms. The van der Waals surface area contributed by atoms with Crippen molar-refractivity contribution >= 4 is 44.5 Å². The van der Waals surface area contributed by atoms with E-state index in [0.29, 0.717) is 6.42 Å². The predicted molar refractivity (Wildman–Crippen MR) is 184 cm³/mol. The van der Waals surface area contributed by atoms with E-state index in [-0.39, 0.29) is 42.3 Å². The Balaban J connectivity index is 0.00000312. The molecular formula is C39H45N3O2. The van der Waals surface area contributed by atoms with E-state index in [9.17, 15) is 9.90 Å². The number of amides is 1. The van der Waals surface area contributed by atoms with Crippen LogP contribution in [0.3, 0.4) is 0 Å². The number of hydrogen-bond donors (Lipinski definition) is 2. The van der Waals surface area contributed by atoms with Crippen LogP contribution in [0.5, 0.6) is 0 Å². The number of carbonyl (C=O) groups excluding carboxylic acids is 1. The summed E-state index contributed by atoms with van der Waals surface area (Å²) in [6.45, 7) is 15.4. The van der Waals surface area contributed by atoms with Gasteiger partial charge in [-0.2, -0.15) is 0 Å². The van der Waals surface area contributed by atoms with Crippen LogP contribution >= 0.6 is 0 Å². The van der Waals surface area contributed by atoms with Gasteiger partial charge in [-0.05, 0) is 98.5 Å². The number of nitrogens with zero attached hydrogens (tertiary/aromatic N) is 2. The molecule has 4 aliphatic rings. The van der Waals surface area contributed by atoms with Crippen molar-refractivity contribution < 1.29 is 9.90 Å². The van der Waals surface area contributed by atoms with Gasteiger partial charge in [0.15, 0.2) is 0 Å². The van der Waals surface area contributed by atoms with Crippen LogP contribution in [0.2, 0.25) is 0 Å². The lowest BCUT2D eigenvalue weighted by atomic mass is 9.57. The number of aliphatic hydroxyl groups is 1. The smallest absolute Gasteiger partial charge is 0.227 e. The average Bonchev–Trinajstić information content (AvgIpc) is 3.44. The van der Waals surface area contributed by atoms with Gasteiger partial charge in [0.1, 0.15) is 5.66 Å². The molecule has 2 N–H and O–H groups in total. The first-order valence-electron chi connectivity index (χ1n) is 15.9. The normalized spacial score (nSPS) is 28.6. The van der Waals surface area contributed by atoms with Gasteiger partial charge in [0.25, 0.3) is 0 Å². The third-order valence-corrected chi connectivity index (χ3v) is 11.3. The number of hydrogen-bond acceptors (Lipinski definition) is 4. The molecule has 1 amide bonds. The Morgan fingerprint density at radius 2 is 1.45 bits per heavy atom. The van der Waals surface area contributed by atoms with Gasteiger partial charge in [-0.3, -0.25) is 4.79 Å². The summed E-state index contributed by atoms with van der Waals surface area (Å²) in [7, 11) is 0. The van der Waals surface area contributed by atoms with Crippen LogP contribution in [0.4, 0.5) is 17.1 Å². The zero-order valence-corrected chi connectivity index (χ0v) is 25.9. The number of fused-ring (bicyclic) bond motifs is 3. The number of benzene rings is 4. The van der Waals surface area contributed by atoms with Crippen molar-refractivity contribution in [1.82, 2.24) is 0 Å². The second kappa shape index (κ2) is 9.58. The average molecular weight is 588 g/mol. The maximum absolute atomic E-state index is 13.1. The summed E-state index contributed by atoms with van der Waals surface area (Å²) in [6, 6.07) is 21.8. The lowest BCUT2D eigenvalue weighted by Crippen LogP contribution is -2.49. The van der Waals surface area contributed by atoms with Crippen molar-refractivity contribution in [2.75, 3.05) is 15.1 Å². The van der Waals surface area contributed by atoms with Crippen LogP contribution in [-0.4, -0.2) is 28.3 Å². The van der Waals surface area contributed by atoms with Crippen molar-refractivity contribution in [3.05, 3.63) is 89.6 Å². The van der Waals surface area contributed by atoms with Gasteiger partial charge in [-0.15, -0.1) is 0 Å². The minimum absolute atomic E-state index is 0. The molecule has 5 unspecified atom stereocenters. The molecule has 1 aliphatic carbocycles. The topological polar surface area (TPSA) is 55.8 Å². The van der Waals surface area contributed by atoms with E-state index in [0.717, 1.165) is 52.7 Å². The van der Waals surface area contributed by atoms with Crippen molar-refractivity contribution in [3.63, 3.8) is 0 Å². The molecule has 0 aromatic heterocycles. The van der Waals surface area contributed by atoms with Gasteiger partial charge >= 0.3 is 0 Å². The maximum atomic E-state index is 13.1. The third kappa shape index (κ3) is 3.71. The van der Waals surface area contributed by atoms with Gasteiger partial charge < -0.3 is 20.2 Å².